The van der Waals surface area contributed by atoms with Crippen molar-refractivity contribution < 1.29 is 9.50 Å². The second-order valence-electron chi connectivity index (χ2n) is 6.94. The zero-order chi connectivity index (χ0) is 17.4. The Morgan fingerprint density at radius 3 is 2.44 bits per heavy atom. The first kappa shape index (κ1) is 15.9. The van der Waals surface area contributed by atoms with Crippen molar-refractivity contribution in [2.75, 3.05) is 0 Å². The molecule has 0 heterocycles. The molecule has 1 nitrogen and oxygen atoms in total. The molecule has 0 radical (unpaired) electrons. The van der Waals surface area contributed by atoms with Gasteiger partial charge in [-0.05, 0) is 71.7 Å². The van der Waals surface area contributed by atoms with Crippen molar-refractivity contribution >= 4 is 0 Å². The SMILES string of the molecule is Cc1ccc([C@@H]2c3ccc(O)cc3CC[C@@H]2c2ccccc2)c(F)c1. The van der Waals surface area contributed by atoms with Crippen LogP contribution in [0.3, 0.4) is 0 Å². The first-order valence-electron chi connectivity index (χ1n) is 8.76. The predicted octanol–water partition coefficient (Wildman–Crippen LogP) is 5.70. The van der Waals surface area contributed by atoms with Gasteiger partial charge in [-0.15, -0.1) is 0 Å². The maximum Gasteiger partial charge on any atom is 0.127 e. The number of hydrogen-bond acceptors (Lipinski definition) is 1. The monoisotopic (exact) mass is 332 g/mol. The van der Waals surface area contributed by atoms with Gasteiger partial charge in [0, 0.05) is 5.92 Å². The van der Waals surface area contributed by atoms with Gasteiger partial charge in [-0.3, -0.25) is 0 Å². The molecular formula is C23H21FO. The molecule has 0 saturated carbocycles. The first-order valence-corrected chi connectivity index (χ1v) is 8.76. The molecule has 0 spiro atoms. The van der Waals surface area contributed by atoms with Gasteiger partial charge in [0.25, 0.3) is 0 Å². The molecule has 3 aromatic rings. The third kappa shape index (κ3) is 2.93. The lowest BCUT2D eigenvalue weighted by atomic mass is 9.69. The van der Waals surface area contributed by atoms with Crippen LogP contribution in [0, 0.1) is 12.7 Å². The van der Waals surface area contributed by atoms with Gasteiger partial charge in [-0.1, -0.05) is 48.5 Å². The van der Waals surface area contributed by atoms with Crippen LogP contribution in [0.5, 0.6) is 5.75 Å². The average Bonchev–Trinajstić information content (AvgIpc) is 2.62. The number of hydrogen-bond donors (Lipinski definition) is 1. The van der Waals surface area contributed by atoms with Crippen molar-refractivity contribution in [3.05, 3.63) is 100 Å². The first-order chi connectivity index (χ1) is 12.1. The summed E-state index contributed by atoms with van der Waals surface area (Å²) in [6, 6.07) is 21.4. The Bertz CT molecular complexity index is 901. The molecule has 0 unspecified atom stereocenters. The van der Waals surface area contributed by atoms with Gasteiger partial charge in [0.15, 0.2) is 0 Å². The molecule has 0 saturated heterocycles. The molecule has 3 aromatic carbocycles. The highest BCUT2D eigenvalue weighted by Gasteiger charge is 2.33. The summed E-state index contributed by atoms with van der Waals surface area (Å²) in [5.41, 5.74) is 5.16. The minimum Gasteiger partial charge on any atom is -0.508 e. The molecule has 0 aliphatic heterocycles. The lowest BCUT2D eigenvalue weighted by molar-refractivity contribution is 0.467. The number of benzene rings is 3. The van der Waals surface area contributed by atoms with E-state index in [0.29, 0.717) is 0 Å². The van der Waals surface area contributed by atoms with E-state index in [2.05, 4.69) is 12.1 Å². The third-order valence-electron chi connectivity index (χ3n) is 5.31. The van der Waals surface area contributed by atoms with Crippen molar-refractivity contribution in [3.8, 4) is 5.75 Å². The molecule has 1 N–H and O–H groups in total. The number of aryl methyl sites for hydroxylation is 2. The van der Waals surface area contributed by atoms with Gasteiger partial charge >= 0.3 is 0 Å². The number of aromatic hydroxyl groups is 1. The molecule has 2 heteroatoms. The van der Waals surface area contributed by atoms with Crippen LogP contribution in [0.2, 0.25) is 0 Å². The molecule has 0 aromatic heterocycles. The van der Waals surface area contributed by atoms with Gasteiger partial charge < -0.3 is 5.11 Å². The van der Waals surface area contributed by atoms with Crippen molar-refractivity contribution in [1.29, 1.82) is 0 Å². The van der Waals surface area contributed by atoms with Crippen LogP contribution < -0.4 is 0 Å². The quantitative estimate of drug-likeness (QED) is 0.638. The van der Waals surface area contributed by atoms with E-state index in [1.165, 1.54) is 5.56 Å². The number of rotatable bonds is 2. The Labute approximate surface area is 147 Å². The smallest absolute Gasteiger partial charge is 0.127 e. The van der Waals surface area contributed by atoms with E-state index in [1.54, 1.807) is 12.1 Å². The van der Waals surface area contributed by atoms with Gasteiger partial charge in [0.2, 0.25) is 0 Å². The minimum atomic E-state index is -0.146. The molecule has 2 atom stereocenters. The van der Waals surface area contributed by atoms with Crippen LogP contribution in [0.4, 0.5) is 4.39 Å². The van der Waals surface area contributed by atoms with Crippen molar-refractivity contribution in [3.63, 3.8) is 0 Å². The van der Waals surface area contributed by atoms with Crippen LogP contribution in [-0.4, -0.2) is 5.11 Å². The summed E-state index contributed by atoms with van der Waals surface area (Å²) in [6.07, 6.45) is 1.84. The molecule has 0 bridgehead atoms. The van der Waals surface area contributed by atoms with Crippen LogP contribution in [0.25, 0.3) is 0 Å². The summed E-state index contributed by atoms with van der Waals surface area (Å²) >= 11 is 0. The second kappa shape index (κ2) is 6.36. The normalized spacial score (nSPS) is 19.4. The molecule has 126 valence electrons. The molecule has 0 fully saturated rings. The van der Waals surface area contributed by atoms with Gasteiger partial charge in [-0.2, -0.15) is 0 Å². The zero-order valence-electron chi connectivity index (χ0n) is 14.2. The summed E-state index contributed by atoms with van der Waals surface area (Å²) in [7, 11) is 0. The summed E-state index contributed by atoms with van der Waals surface area (Å²) in [5, 5.41) is 9.84. The fourth-order valence-electron chi connectivity index (χ4n) is 4.13. The average molecular weight is 332 g/mol. The van der Waals surface area contributed by atoms with Crippen molar-refractivity contribution in [1.82, 2.24) is 0 Å². The zero-order valence-corrected chi connectivity index (χ0v) is 14.2. The second-order valence-corrected chi connectivity index (χ2v) is 6.94. The predicted molar refractivity (Wildman–Crippen MR) is 98.6 cm³/mol. The summed E-state index contributed by atoms with van der Waals surface area (Å²) in [4.78, 5) is 0. The van der Waals surface area contributed by atoms with Crippen molar-refractivity contribution in [2.24, 2.45) is 0 Å². The topological polar surface area (TPSA) is 20.2 Å². The summed E-state index contributed by atoms with van der Waals surface area (Å²) < 4.78 is 14.8. The summed E-state index contributed by atoms with van der Waals surface area (Å²) in [6.45, 7) is 1.91. The number of halogens is 1. The van der Waals surface area contributed by atoms with E-state index in [9.17, 15) is 9.50 Å². The van der Waals surface area contributed by atoms with E-state index in [-0.39, 0.29) is 23.4 Å². The number of phenolic OH excluding ortho intramolecular Hbond substituents is 1. The minimum absolute atomic E-state index is 0.0349. The van der Waals surface area contributed by atoms with E-state index in [1.807, 2.05) is 49.4 Å². The lowest BCUT2D eigenvalue weighted by Crippen LogP contribution is -2.21. The molecule has 4 rings (SSSR count). The fraction of sp³-hybridized carbons (Fsp3) is 0.217. The Morgan fingerprint density at radius 2 is 1.68 bits per heavy atom. The Kier molecular flexibility index (Phi) is 4.04. The maximum absolute atomic E-state index is 14.8. The van der Waals surface area contributed by atoms with E-state index in [0.717, 1.165) is 35.1 Å². The largest absolute Gasteiger partial charge is 0.508 e. The van der Waals surface area contributed by atoms with Crippen LogP contribution in [-0.2, 0) is 6.42 Å². The van der Waals surface area contributed by atoms with Crippen molar-refractivity contribution in [2.45, 2.75) is 31.6 Å². The van der Waals surface area contributed by atoms with Crippen LogP contribution in [0.15, 0.2) is 66.7 Å². The van der Waals surface area contributed by atoms with E-state index in [4.69, 9.17) is 0 Å². The van der Waals surface area contributed by atoms with Crippen LogP contribution in [0.1, 0.15) is 46.1 Å². The third-order valence-corrected chi connectivity index (χ3v) is 5.31. The molecule has 1 aliphatic carbocycles. The molecule has 25 heavy (non-hydrogen) atoms. The molecular weight excluding hydrogens is 311 g/mol. The number of fused-ring (bicyclic) bond motifs is 1. The molecule has 1 aliphatic rings. The Balaban J connectivity index is 1.90. The van der Waals surface area contributed by atoms with E-state index >= 15 is 0 Å². The van der Waals surface area contributed by atoms with Gasteiger partial charge in [-0.25, -0.2) is 4.39 Å². The number of phenols is 1. The highest BCUT2D eigenvalue weighted by atomic mass is 19.1. The fourth-order valence-corrected chi connectivity index (χ4v) is 4.13. The van der Waals surface area contributed by atoms with Crippen LogP contribution >= 0.6 is 0 Å². The lowest BCUT2D eigenvalue weighted by Gasteiger charge is -2.35. The van der Waals surface area contributed by atoms with E-state index < -0.39 is 0 Å². The maximum atomic E-state index is 14.8. The molecule has 0 amide bonds. The Hall–Kier alpha value is -2.61. The highest BCUT2D eigenvalue weighted by molar-refractivity contribution is 5.48. The van der Waals surface area contributed by atoms with Gasteiger partial charge in [0.1, 0.15) is 11.6 Å². The Morgan fingerprint density at radius 1 is 0.920 bits per heavy atom. The van der Waals surface area contributed by atoms with Gasteiger partial charge in [0.05, 0.1) is 0 Å². The standard InChI is InChI=1S/C23H21FO/c1-15-7-10-21(22(24)13-15)23-19(16-5-3-2-4-6-16)11-8-17-14-18(25)9-12-20(17)23/h2-7,9-10,12-14,19,23,25H,8,11H2,1H3/t19-,23+/m1/s1. The highest BCUT2D eigenvalue weighted by Crippen LogP contribution is 2.47. The summed E-state index contributed by atoms with van der Waals surface area (Å²) in [5.74, 6) is 0.328.